The Hall–Kier alpha value is -2.84. The van der Waals surface area contributed by atoms with Crippen molar-refractivity contribution in [3.63, 3.8) is 0 Å². The second kappa shape index (κ2) is 8.49. The highest BCUT2D eigenvalue weighted by Gasteiger charge is 2.37. The molecule has 2 fully saturated rings. The van der Waals surface area contributed by atoms with Crippen LogP contribution in [0.2, 0.25) is 0 Å². The molecule has 1 atom stereocenters. The average Bonchev–Trinajstić information content (AvgIpc) is 3.25. The number of ether oxygens (including phenoxy) is 1. The number of imide groups is 1. The summed E-state index contributed by atoms with van der Waals surface area (Å²) in [5, 5.41) is 0.626. The number of hydrogen-bond acceptors (Lipinski definition) is 5. The topological polar surface area (TPSA) is 71.8 Å². The highest BCUT2D eigenvalue weighted by atomic mass is 32.2. The molecule has 8 heteroatoms. The van der Waals surface area contributed by atoms with Crippen molar-refractivity contribution >= 4 is 45.8 Å². The predicted octanol–water partition coefficient (Wildman–Crippen LogP) is 3.11. The van der Waals surface area contributed by atoms with Crippen LogP contribution in [0, 0.1) is 0 Å². The molecule has 7 nitrogen and oxygen atoms in total. The Bertz CT molecular complexity index is 1050. The van der Waals surface area contributed by atoms with Gasteiger partial charge in [-0.25, -0.2) is 0 Å². The van der Waals surface area contributed by atoms with Gasteiger partial charge in [0, 0.05) is 35.8 Å². The molecular weight excluding hydrogens is 402 g/mol. The smallest absolute Gasteiger partial charge is 0.294 e. The highest BCUT2D eigenvalue weighted by Crippen LogP contribution is 2.35. The first kappa shape index (κ1) is 20.4. The molecule has 2 saturated heterocycles. The van der Waals surface area contributed by atoms with Crippen LogP contribution in [-0.2, 0) is 20.9 Å². The molecule has 4 rings (SSSR count). The molecule has 2 aliphatic heterocycles. The third kappa shape index (κ3) is 3.80. The number of benzene rings is 1. The van der Waals surface area contributed by atoms with E-state index in [2.05, 4.69) is 6.58 Å². The van der Waals surface area contributed by atoms with Crippen LogP contribution in [0.15, 0.2) is 48.0 Å². The fourth-order valence-corrected chi connectivity index (χ4v) is 4.56. The molecule has 0 aliphatic carbocycles. The first-order chi connectivity index (χ1) is 14.5. The van der Waals surface area contributed by atoms with Crippen LogP contribution in [0.1, 0.15) is 12.5 Å². The summed E-state index contributed by atoms with van der Waals surface area (Å²) in [6.45, 7) is 7.95. The van der Waals surface area contributed by atoms with Gasteiger partial charge in [-0.15, -0.1) is 6.58 Å². The maximum atomic E-state index is 12.7. The Morgan fingerprint density at radius 3 is 2.73 bits per heavy atom. The third-order valence-electron chi connectivity index (χ3n) is 5.35. The number of carbonyl (C=O) groups excluding carboxylic acids is 3. The number of para-hydroxylation sites is 1. The summed E-state index contributed by atoms with van der Waals surface area (Å²) >= 11 is 0.927. The quantitative estimate of drug-likeness (QED) is 0.544. The number of morpholine rings is 1. The van der Waals surface area contributed by atoms with Gasteiger partial charge in [0.2, 0.25) is 5.91 Å². The summed E-state index contributed by atoms with van der Waals surface area (Å²) in [5.74, 6) is -0.288. The van der Waals surface area contributed by atoms with Gasteiger partial charge in [0.15, 0.2) is 0 Å². The van der Waals surface area contributed by atoms with Gasteiger partial charge in [-0.2, -0.15) is 0 Å². The van der Waals surface area contributed by atoms with Crippen molar-refractivity contribution in [1.82, 2.24) is 14.4 Å². The minimum Gasteiger partial charge on any atom is -0.378 e. The fourth-order valence-electron chi connectivity index (χ4n) is 3.66. The molecule has 0 N–H and O–H groups in total. The van der Waals surface area contributed by atoms with E-state index >= 15 is 0 Å². The zero-order chi connectivity index (χ0) is 21.3. The van der Waals surface area contributed by atoms with Crippen molar-refractivity contribution in [3.8, 4) is 0 Å². The molecule has 1 aromatic carbocycles. The zero-order valence-electron chi connectivity index (χ0n) is 16.7. The first-order valence-corrected chi connectivity index (χ1v) is 10.6. The Balaban J connectivity index is 1.65. The molecule has 3 amide bonds. The maximum absolute atomic E-state index is 12.7. The minimum atomic E-state index is -0.365. The van der Waals surface area contributed by atoms with E-state index in [4.69, 9.17) is 4.74 Å². The summed E-state index contributed by atoms with van der Waals surface area (Å²) in [5.41, 5.74) is 1.71. The molecule has 0 spiro atoms. The Morgan fingerprint density at radius 1 is 1.27 bits per heavy atom. The van der Waals surface area contributed by atoms with Gasteiger partial charge in [0.1, 0.15) is 6.54 Å². The lowest BCUT2D eigenvalue weighted by molar-refractivity contribution is -0.135. The van der Waals surface area contributed by atoms with E-state index in [1.165, 1.54) is 4.90 Å². The number of fused-ring (bicyclic) bond motifs is 1. The van der Waals surface area contributed by atoms with E-state index in [0.717, 1.165) is 28.2 Å². The van der Waals surface area contributed by atoms with Crippen LogP contribution >= 0.6 is 11.8 Å². The van der Waals surface area contributed by atoms with E-state index in [0.29, 0.717) is 31.2 Å². The summed E-state index contributed by atoms with van der Waals surface area (Å²) in [4.78, 5) is 41.1. The van der Waals surface area contributed by atoms with Gasteiger partial charge in [0.25, 0.3) is 11.1 Å². The minimum absolute atomic E-state index is 0.0331. The van der Waals surface area contributed by atoms with Gasteiger partial charge >= 0.3 is 0 Å². The standard InChI is InChI=1S/C22H23N3O4S/c1-3-15(2)25-21(27)19(30-22(25)28)12-16-13-24(18-7-5-4-6-17(16)18)14-20(26)23-8-10-29-11-9-23/h3-7,12-13,15H,1,8-11,14H2,2H3. The second-order valence-corrected chi connectivity index (χ2v) is 8.24. The number of carbonyl (C=O) groups is 3. The van der Waals surface area contributed by atoms with E-state index < -0.39 is 0 Å². The Labute approximate surface area is 178 Å². The van der Waals surface area contributed by atoms with E-state index in [1.807, 2.05) is 35.0 Å². The van der Waals surface area contributed by atoms with Gasteiger partial charge in [-0.1, -0.05) is 24.3 Å². The van der Waals surface area contributed by atoms with Crippen LogP contribution in [0.4, 0.5) is 4.79 Å². The number of hydrogen-bond donors (Lipinski definition) is 0. The average molecular weight is 426 g/mol. The molecule has 1 aromatic heterocycles. The van der Waals surface area contributed by atoms with Crippen molar-refractivity contribution in [1.29, 1.82) is 0 Å². The van der Waals surface area contributed by atoms with Gasteiger partial charge in [0.05, 0.1) is 24.2 Å². The van der Waals surface area contributed by atoms with E-state index in [-0.39, 0.29) is 29.6 Å². The number of aromatic nitrogens is 1. The highest BCUT2D eigenvalue weighted by molar-refractivity contribution is 8.18. The van der Waals surface area contributed by atoms with Crippen LogP contribution < -0.4 is 0 Å². The predicted molar refractivity (Wildman–Crippen MR) is 117 cm³/mol. The lowest BCUT2D eigenvalue weighted by atomic mass is 10.1. The maximum Gasteiger partial charge on any atom is 0.294 e. The largest absolute Gasteiger partial charge is 0.378 e. The molecule has 2 aliphatic rings. The van der Waals surface area contributed by atoms with Crippen LogP contribution in [-0.4, -0.2) is 63.8 Å². The summed E-state index contributed by atoms with van der Waals surface area (Å²) in [6, 6.07) is 7.37. The van der Waals surface area contributed by atoms with Crippen molar-refractivity contribution < 1.29 is 19.1 Å². The van der Waals surface area contributed by atoms with E-state index in [9.17, 15) is 14.4 Å². The molecule has 0 bridgehead atoms. The monoisotopic (exact) mass is 425 g/mol. The molecule has 1 unspecified atom stereocenters. The number of rotatable bonds is 5. The lowest BCUT2D eigenvalue weighted by Gasteiger charge is -2.27. The van der Waals surface area contributed by atoms with Crippen LogP contribution in [0.25, 0.3) is 17.0 Å². The van der Waals surface area contributed by atoms with Gasteiger partial charge in [-0.05, 0) is 30.8 Å². The lowest BCUT2D eigenvalue weighted by Crippen LogP contribution is -2.42. The number of nitrogens with zero attached hydrogens (tertiary/aromatic N) is 3. The summed E-state index contributed by atoms with van der Waals surface area (Å²) in [7, 11) is 0. The van der Waals surface area contributed by atoms with Gasteiger partial charge in [-0.3, -0.25) is 19.3 Å². The fraction of sp³-hybridized carbons (Fsp3) is 0.318. The molecule has 0 radical (unpaired) electrons. The molecule has 3 heterocycles. The van der Waals surface area contributed by atoms with E-state index in [1.54, 1.807) is 24.0 Å². The molecule has 0 saturated carbocycles. The molecular formula is C22H23N3O4S. The zero-order valence-corrected chi connectivity index (χ0v) is 17.6. The number of amides is 3. The molecule has 156 valence electrons. The van der Waals surface area contributed by atoms with Gasteiger partial charge < -0.3 is 14.2 Å². The normalized spacial score (nSPS) is 19.7. The SMILES string of the molecule is C=CC(C)N1C(=O)SC(=Cc2cn(CC(=O)N3CCOCC3)c3ccccc23)C1=O. The van der Waals surface area contributed by atoms with Crippen molar-refractivity contribution in [2.75, 3.05) is 26.3 Å². The number of thioether (sulfide) groups is 1. The molecule has 30 heavy (non-hydrogen) atoms. The Kier molecular flexibility index (Phi) is 5.78. The Morgan fingerprint density at radius 2 is 2.00 bits per heavy atom. The second-order valence-electron chi connectivity index (χ2n) is 7.25. The van der Waals surface area contributed by atoms with Crippen LogP contribution in [0.5, 0.6) is 0 Å². The summed E-state index contributed by atoms with van der Waals surface area (Å²) in [6.07, 6.45) is 5.18. The van der Waals surface area contributed by atoms with Crippen molar-refractivity contribution in [3.05, 3.63) is 53.6 Å². The third-order valence-corrected chi connectivity index (χ3v) is 6.23. The van der Waals surface area contributed by atoms with Crippen LogP contribution in [0.3, 0.4) is 0 Å². The first-order valence-electron chi connectivity index (χ1n) is 9.82. The van der Waals surface area contributed by atoms with Crippen molar-refractivity contribution in [2.24, 2.45) is 0 Å². The van der Waals surface area contributed by atoms with Crippen molar-refractivity contribution in [2.45, 2.75) is 19.5 Å². The molecule has 2 aromatic rings. The summed E-state index contributed by atoms with van der Waals surface area (Å²) < 4.78 is 7.22.